The van der Waals surface area contributed by atoms with Gasteiger partial charge in [-0.25, -0.2) is 8.78 Å². The molecule has 0 aliphatic rings. The lowest BCUT2D eigenvalue weighted by Crippen LogP contribution is -2.53. The van der Waals surface area contributed by atoms with Gasteiger partial charge in [-0.15, -0.1) is 0 Å². The van der Waals surface area contributed by atoms with Crippen molar-refractivity contribution in [3.05, 3.63) is 77.0 Å². The maximum atomic E-state index is 14.7. The predicted octanol–water partition coefficient (Wildman–Crippen LogP) is 6.19. The number of pyridine rings is 1. The second-order valence-corrected chi connectivity index (χ2v) is 8.66. The highest BCUT2D eigenvalue weighted by Gasteiger charge is 2.59. The van der Waals surface area contributed by atoms with Crippen molar-refractivity contribution in [2.24, 2.45) is 0 Å². The van der Waals surface area contributed by atoms with Gasteiger partial charge < -0.3 is 5.11 Å². The van der Waals surface area contributed by atoms with E-state index in [0.717, 1.165) is 35.7 Å². The van der Waals surface area contributed by atoms with Crippen LogP contribution in [0.3, 0.4) is 0 Å². The average Bonchev–Trinajstić information content (AvgIpc) is 2.70. The molecular formula is C23H22F5NOS. The molecule has 0 aliphatic carbocycles. The zero-order chi connectivity index (χ0) is 22.8. The van der Waals surface area contributed by atoms with Gasteiger partial charge in [0.2, 0.25) is 0 Å². The molecule has 0 saturated heterocycles. The summed E-state index contributed by atoms with van der Waals surface area (Å²) in [6.07, 6.45) is -5.52. The number of hydrogen-bond acceptors (Lipinski definition) is 3. The second-order valence-electron chi connectivity index (χ2n) is 7.39. The highest BCUT2D eigenvalue weighted by Crippen LogP contribution is 2.46. The number of aryl methyl sites for hydroxylation is 1. The van der Waals surface area contributed by atoms with Gasteiger partial charge >= 0.3 is 6.18 Å². The first-order valence-corrected chi connectivity index (χ1v) is 10.9. The van der Waals surface area contributed by atoms with Crippen molar-refractivity contribution < 1.29 is 27.1 Å². The van der Waals surface area contributed by atoms with E-state index in [0.29, 0.717) is 22.2 Å². The fourth-order valence-corrected chi connectivity index (χ4v) is 4.59. The topological polar surface area (TPSA) is 33.1 Å². The van der Waals surface area contributed by atoms with Crippen LogP contribution in [0, 0.1) is 18.6 Å². The van der Waals surface area contributed by atoms with Crippen molar-refractivity contribution in [2.45, 2.75) is 38.0 Å². The van der Waals surface area contributed by atoms with E-state index >= 15 is 0 Å². The third-order valence-corrected chi connectivity index (χ3v) is 6.38. The standard InChI is InChI=1S/C23H22F5NOS/c1-3-31-13-22(30,23(26,27)28)17(21-18(24)7-5-8-19(21)25)12-15-6-4-9-20-16(15)11-10-14(2)29-20/h4-11,17,30H,3,12-13H2,1-2H3. The van der Waals surface area contributed by atoms with Crippen LogP contribution in [0.15, 0.2) is 48.5 Å². The van der Waals surface area contributed by atoms with E-state index in [1.165, 1.54) is 0 Å². The summed E-state index contributed by atoms with van der Waals surface area (Å²) in [6.45, 7) is 3.44. The molecule has 1 heterocycles. The minimum absolute atomic E-state index is 0.308. The molecule has 0 saturated carbocycles. The van der Waals surface area contributed by atoms with Gasteiger partial charge in [0.1, 0.15) is 11.6 Å². The summed E-state index contributed by atoms with van der Waals surface area (Å²) in [5, 5.41) is 11.5. The van der Waals surface area contributed by atoms with E-state index in [1.807, 2.05) is 0 Å². The third-order valence-electron chi connectivity index (χ3n) is 5.33. The van der Waals surface area contributed by atoms with Crippen LogP contribution >= 0.6 is 11.8 Å². The number of fused-ring (bicyclic) bond motifs is 1. The van der Waals surface area contributed by atoms with E-state index in [9.17, 15) is 27.1 Å². The number of thioether (sulfide) groups is 1. The molecule has 1 N–H and O–H groups in total. The maximum absolute atomic E-state index is 14.7. The number of benzene rings is 2. The van der Waals surface area contributed by atoms with Crippen LogP contribution in [0.2, 0.25) is 0 Å². The zero-order valence-electron chi connectivity index (χ0n) is 17.0. The first kappa shape index (κ1) is 23.5. The number of halogens is 5. The molecule has 2 aromatic carbocycles. The lowest BCUT2D eigenvalue weighted by molar-refractivity contribution is -0.259. The Morgan fingerprint density at radius 3 is 2.26 bits per heavy atom. The quantitative estimate of drug-likeness (QED) is 0.431. The summed E-state index contributed by atoms with van der Waals surface area (Å²) >= 11 is 0.866. The van der Waals surface area contributed by atoms with Gasteiger partial charge in [-0.2, -0.15) is 24.9 Å². The van der Waals surface area contributed by atoms with Crippen LogP contribution in [0.5, 0.6) is 0 Å². The smallest absolute Gasteiger partial charge is 0.379 e. The molecular weight excluding hydrogens is 433 g/mol. The molecule has 0 radical (unpaired) electrons. The minimum atomic E-state index is -5.10. The Kier molecular flexibility index (Phi) is 6.91. The molecule has 0 spiro atoms. The van der Waals surface area contributed by atoms with Crippen molar-refractivity contribution in [3.63, 3.8) is 0 Å². The van der Waals surface area contributed by atoms with Crippen molar-refractivity contribution in [1.29, 1.82) is 0 Å². The SMILES string of the molecule is CCSCC(O)(C(Cc1cccc2nc(C)ccc12)c1c(F)cccc1F)C(F)(F)F. The molecule has 3 aromatic rings. The molecule has 2 atom stereocenters. The minimum Gasteiger partial charge on any atom is -0.379 e. The predicted molar refractivity (Wildman–Crippen MR) is 113 cm³/mol. The molecule has 31 heavy (non-hydrogen) atoms. The molecule has 1 aromatic heterocycles. The first-order valence-electron chi connectivity index (χ1n) is 9.74. The fourth-order valence-electron chi connectivity index (χ4n) is 3.71. The van der Waals surface area contributed by atoms with Gasteiger partial charge in [0.05, 0.1) is 5.52 Å². The van der Waals surface area contributed by atoms with Gasteiger partial charge in [0.15, 0.2) is 5.60 Å². The molecule has 166 valence electrons. The molecule has 2 unspecified atom stereocenters. The van der Waals surface area contributed by atoms with E-state index in [2.05, 4.69) is 4.98 Å². The number of alkyl halides is 3. The summed E-state index contributed by atoms with van der Waals surface area (Å²) in [5.41, 5.74) is -2.40. The molecule has 0 amide bonds. The second kappa shape index (κ2) is 9.12. The van der Waals surface area contributed by atoms with Gasteiger partial charge in [-0.3, -0.25) is 4.98 Å². The van der Waals surface area contributed by atoms with Crippen LogP contribution < -0.4 is 0 Å². The van der Waals surface area contributed by atoms with E-state index < -0.39 is 47.1 Å². The van der Waals surface area contributed by atoms with Crippen molar-refractivity contribution >= 4 is 22.7 Å². The van der Waals surface area contributed by atoms with Crippen molar-refractivity contribution in [1.82, 2.24) is 4.98 Å². The Morgan fingerprint density at radius 2 is 1.65 bits per heavy atom. The van der Waals surface area contributed by atoms with Crippen LogP contribution in [-0.4, -0.2) is 33.4 Å². The normalized spacial score (nSPS) is 15.1. The van der Waals surface area contributed by atoms with Gasteiger partial charge in [0.25, 0.3) is 0 Å². The number of nitrogens with zero attached hydrogens (tertiary/aromatic N) is 1. The van der Waals surface area contributed by atoms with Crippen LogP contribution in [-0.2, 0) is 6.42 Å². The van der Waals surface area contributed by atoms with E-state index in [-0.39, 0.29) is 0 Å². The van der Waals surface area contributed by atoms with Gasteiger partial charge in [-0.05, 0) is 48.9 Å². The largest absolute Gasteiger partial charge is 0.418 e. The molecule has 8 heteroatoms. The highest BCUT2D eigenvalue weighted by molar-refractivity contribution is 7.99. The zero-order valence-corrected chi connectivity index (χ0v) is 17.8. The average molecular weight is 455 g/mol. The van der Waals surface area contributed by atoms with Crippen molar-refractivity contribution in [3.8, 4) is 0 Å². The Bertz CT molecular complexity index is 1050. The molecule has 0 fully saturated rings. The molecule has 0 bridgehead atoms. The lowest BCUT2D eigenvalue weighted by Gasteiger charge is -2.38. The first-order chi connectivity index (χ1) is 14.6. The molecule has 3 rings (SSSR count). The number of aromatic nitrogens is 1. The summed E-state index contributed by atoms with van der Waals surface area (Å²) < 4.78 is 71.9. The number of hydrogen-bond donors (Lipinski definition) is 1. The lowest BCUT2D eigenvalue weighted by atomic mass is 9.77. The highest BCUT2D eigenvalue weighted by atomic mass is 32.2. The molecule has 2 nitrogen and oxygen atoms in total. The van der Waals surface area contributed by atoms with Gasteiger partial charge in [-0.1, -0.05) is 31.2 Å². The summed E-state index contributed by atoms with van der Waals surface area (Å²) in [5.74, 6) is -4.57. The molecule has 0 aliphatic heterocycles. The van der Waals surface area contributed by atoms with Crippen LogP contribution in [0.4, 0.5) is 22.0 Å². The maximum Gasteiger partial charge on any atom is 0.418 e. The monoisotopic (exact) mass is 455 g/mol. The Hall–Kier alpha value is -2.19. The number of aliphatic hydroxyl groups is 1. The number of rotatable bonds is 7. The van der Waals surface area contributed by atoms with E-state index in [4.69, 9.17) is 0 Å². The van der Waals surface area contributed by atoms with E-state index in [1.54, 1.807) is 44.2 Å². The Morgan fingerprint density at radius 1 is 1.00 bits per heavy atom. The van der Waals surface area contributed by atoms with Crippen LogP contribution in [0.25, 0.3) is 10.9 Å². The third kappa shape index (κ3) is 4.70. The fraction of sp³-hybridized carbons (Fsp3) is 0.348. The summed E-state index contributed by atoms with van der Waals surface area (Å²) in [4.78, 5) is 4.37. The summed E-state index contributed by atoms with van der Waals surface area (Å²) in [7, 11) is 0. The van der Waals surface area contributed by atoms with Crippen LogP contribution in [0.1, 0.15) is 29.7 Å². The Labute approximate surface area is 181 Å². The van der Waals surface area contributed by atoms with Gasteiger partial charge in [0, 0.05) is 28.3 Å². The van der Waals surface area contributed by atoms with Crippen molar-refractivity contribution in [2.75, 3.05) is 11.5 Å². The summed E-state index contributed by atoms with van der Waals surface area (Å²) in [6, 6.07) is 11.3. The Balaban J connectivity index is 2.22.